The van der Waals surface area contributed by atoms with Gasteiger partial charge < -0.3 is 15.1 Å². The first kappa shape index (κ1) is 18.2. The molecule has 0 amide bonds. The van der Waals surface area contributed by atoms with Crippen LogP contribution in [0.25, 0.3) is 0 Å². The van der Waals surface area contributed by atoms with Crippen molar-refractivity contribution in [1.29, 1.82) is 0 Å². The highest BCUT2D eigenvalue weighted by Gasteiger charge is 2.33. The molecule has 1 aliphatic heterocycles. The number of aromatic nitrogens is 4. The second-order valence-corrected chi connectivity index (χ2v) is 6.32. The Kier molecular flexibility index (Phi) is 5.10. The van der Waals surface area contributed by atoms with Crippen molar-refractivity contribution in [2.75, 3.05) is 42.3 Å². The van der Waals surface area contributed by atoms with Crippen LogP contribution in [0.15, 0.2) is 24.7 Å². The summed E-state index contributed by atoms with van der Waals surface area (Å²) >= 11 is 0. The quantitative estimate of drug-likeness (QED) is 0.890. The third kappa shape index (κ3) is 4.30. The summed E-state index contributed by atoms with van der Waals surface area (Å²) in [4.78, 5) is 20.0. The fourth-order valence-electron chi connectivity index (χ4n) is 2.83. The topological polar surface area (TPSA) is 70.1 Å². The minimum atomic E-state index is -4.48. The zero-order valence-electron chi connectivity index (χ0n) is 14.5. The average Bonchev–Trinajstić information content (AvgIpc) is 2.61. The van der Waals surface area contributed by atoms with Crippen LogP contribution in [-0.4, -0.2) is 53.2 Å². The third-order valence-corrected chi connectivity index (χ3v) is 4.12. The van der Waals surface area contributed by atoms with E-state index in [9.17, 15) is 13.2 Å². The molecule has 0 saturated carbocycles. The Hall–Kier alpha value is -2.65. The number of halogens is 3. The van der Waals surface area contributed by atoms with Gasteiger partial charge >= 0.3 is 6.18 Å². The third-order valence-electron chi connectivity index (χ3n) is 4.12. The molecule has 0 spiro atoms. The normalized spacial score (nSPS) is 17.9. The first-order valence-electron chi connectivity index (χ1n) is 8.24. The molecule has 0 aliphatic carbocycles. The van der Waals surface area contributed by atoms with E-state index in [1.807, 2.05) is 25.1 Å². The van der Waals surface area contributed by atoms with E-state index in [0.717, 1.165) is 43.3 Å². The number of nitrogens with zero attached hydrogens (tertiary/aromatic N) is 6. The average molecular weight is 367 g/mol. The Morgan fingerprint density at radius 2 is 2.04 bits per heavy atom. The number of alkyl halides is 3. The Bertz CT molecular complexity index is 751. The highest BCUT2D eigenvalue weighted by Crippen LogP contribution is 2.28. The molecule has 1 saturated heterocycles. The summed E-state index contributed by atoms with van der Waals surface area (Å²) in [7, 11) is 3.80. The minimum absolute atomic E-state index is 0.0108. The molecule has 1 fully saturated rings. The Morgan fingerprint density at radius 3 is 2.77 bits per heavy atom. The molecule has 7 nitrogen and oxygen atoms in total. The van der Waals surface area contributed by atoms with Crippen molar-refractivity contribution in [3.8, 4) is 0 Å². The lowest BCUT2D eigenvalue weighted by Crippen LogP contribution is -2.43. The van der Waals surface area contributed by atoms with Gasteiger partial charge in [-0.2, -0.15) is 13.2 Å². The summed E-state index contributed by atoms with van der Waals surface area (Å²) in [6.45, 7) is 1.43. The van der Waals surface area contributed by atoms with Gasteiger partial charge in [-0.05, 0) is 18.9 Å². The lowest BCUT2D eigenvalue weighted by molar-refractivity contribution is -0.141. The van der Waals surface area contributed by atoms with Crippen molar-refractivity contribution < 1.29 is 13.2 Å². The highest BCUT2D eigenvalue weighted by atomic mass is 19.4. The van der Waals surface area contributed by atoms with Crippen molar-refractivity contribution in [3.63, 3.8) is 0 Å². The summed E-state index contributed by atoms with van der Waals surface area (Å²) in [6.07, 6.45) is -0.148. The van der Waals surface area contributed by atoms with E-state index in [1.54, 1.807) is 0 Å². The molecule has 3 rings (SSSR count). The zero-order valence-corrected chi connectivity index (χ0v) is 14.5. The van der Waals surface area contributed by atoms with Gasteiger partial charge in [-0.25, -0.2) is 19.9 Å². The minimum Gasteiger partial charge on any atom is -0.363 e. The van der Waals surface area contributed by atoms with Crippen LogP contribution < -0.4 is 15.1 Å². The van der Waals surface area contributed by atoms with Gasteiger partial charge in [-0.3, -0.25) is 0 Å². The van der Waals surface area contributed by atoms with Crippen molar-refractivity contribution in [2.45, 2.75) is 25.1 Å². The molecule has 1 N–H and O–H groups in total. The molecule has 0 bridgehead atoms. The van der Waals surface area contributed by atoms with E-state index in [4.69, 9.17) is 0 Å². The van der Waals surface area contributed by atoms with Crippen molar-refractivity contribution in [3.05, 3.63) is 30.4 Å². The summed E-state index contributed by atoms with van der Waals surface area (Å²) in [6, 6.07) is 2.69. The number of rotatable bonds is 4. The van der Waals surface area contributed by atoms with Crippen LogP contribution in [0.3, 0.4) is 0 Å². The van der Waals surface area contributed by atoms with E-state index in [0.29, 0.717) is 6.54 Å². The summed E-state index contributed by atoms with van der Waals surface area (Å²) < 4.78 is 38.4. The maximum atomic E-state index is 12.8. The van der Waals surface area contributed by atoms with Crippen molar-refractivity contribution in [2.24, 2.45) is 0 Å². The Morgan fingerprint density at radius 1 is 1.23 bits per heavy atom. The van der Waals surface area contributed by atoms with Gasteiger partial charge in [0.2, 0.25) is 5.95 Å². The molecule has 140 valence electrons. The Labute approximate surface area is 149 Å². The van der Waals surface area contributed by atoms with E-state index in [1.165, 1.54) is 6.33 Å². The first-order valence-corrected chi connectivity index (χ1v) is 8.24. The lowest BCUT2D eigenvalue weighted by Gasteiger charge is -2.34. The van der Waals surface area contributed by atoms with E-state index in [2.05, 4.69) is 30.2 Å². The predicted octanol–water partition coefficient (Wildman–Crippen LogP) is 2.43. The summed E-state index contributed by atoms with van der Waals surface area (Å²) in [5.41, 5.74) is -0.950. The molecule has 1 aliphatic rings. The number of hydrogen-bond donors (Lipinski definition) is 1. The molecule has 1 atom stereocenters. The highest BCUT2D eigenvalue weighted by molar-refractivity contribution is 5.50. The molecular weight excluding hydrogens is 347 g/mol. The number of anilines is 3. The van der Waals surface area contributed by atoms with Crippen LogP contribution in [-0.2, 0) is 6.18 Å². The van der Waals surface area contributed by atoms with Gasteiger partial charge in [-0.1, -0.05) is 0 Å². The van der Waals surface area contributed by atoms with Crippen LogP contribution in [0.1, 0.15) is 18.5 Å². The van der Waals surface area contributed by atoms with E-state index in [-0.39, 0.29) is 12.0 Å². The summed E-state index contributed by atoms with van der Waals surface area (Å²) in [5, 5.41) is 3.01. The second kappa shape index (κ2) is 7.30. The maximum Gasteiger partial charge on any atom is 0.433 e. The van der Waals surface area contributed by atoms with Crippen LogP contribution in [0, 0.1) is 0 Å². The van der Waals surface area contributed by atoms with Crippen LogP contribution in [0.2, 0.25) is 0 Å². The van der Waals surface area contributed by atoms with Gasteiger partial charge in [0.15, 0.2) is 0 Å². The molecule has 0 aromatic carbocycles. The fourth-order valence-corrected chi connectivity index (χ4v) is 2.83. The molecular formula is C16H20F3N7. The van der Waals surface area contributed by atoms with Gasteiger partial charge in [0.1, 0.15) is 23.7 Å². The number of hydrogen-bond acceptors (Lipinski definition) is 7. The molecule has 10 heteroatoms. The van der Waals surface area contributed by atoms with Crippen LogP contribution in [0.4, 0.5) is 30.8 Å². The SMILES string of the molecule is CN(C)c1cc(N2CCCC(Nc3nccc(C(F)(F)F)n3)C2)ncn1. The van der Waals surface area contributed by atoms with Crippen molar-refractivity contribution >= 4 is 17.6 Å². The smallest absolute Gasteiger partial charge is 0.363 e. The van der Waals surface area contributed by atoms with Gasteiger partial charge in [0, 0.05) is 45.5 Å². The molecule has 1 unspecified atom stereocenters. The van der Waals surface area contributed by atoms with Gasteiger partial charge in [0.05, 0.1) is 0 Å². The van der Waals surface area contributed by atoms with Crippen LogP contribution in [0.5, 0.6) is 0 Å². The largest absolute Gasteiger partial charge is 0.433 e. The summed E-state index contributed by atoms with van der Waals surface area (Å²) in [5.74, 6) is 1.58. The first-order chi connectivity index (χ1) is 12.3. The zero-order chi connectivity index (χ0) is 18.7. The Balaban J connectivity index is 1.70. The molecule has 26 heavy (non-hydrogen) atoms. The molecule has 2 aromatic rings. The maximum absolute atomic E-state index is 12.8. The molecule has 0 radical (unpaired) electrons. The van der Waals surface area contributed by atoms with Gasteiger partial charge in [-0.15, -0.1) is 0 Å². The van der Waals surface area contributed by atoms with Crippen LogP contribution >= 0.6 is 0 Å². The molecule has 2 aromatic heterocycles. The fraction of sp³-hybridized carbons (Fsp3) is 0.500. The number of nitrogens with one attached hydrogen (secondary N) is 1. The second-order valence-electron chi connectivity index (χ2n) is 6.32. The van der Waals surface area contributed by atoms with E-state index >= 15 is 0 Å². The van der Waals surface area contributed by atoms with E-state index < -0.39 is 11.9 Å². The molecule has 3 heterocycles. The van der Waals surface area contributed by atoms with Crippen molar-refractivity contribution in [1.82, 2.24) is 19.9 Å². The lowest BCUT2D eigenvalue weighted by atomic mass is 10.1. The standard InChI is InChI=1S/C16H20F3N7/c1-25(2)13-8-14(22-10-21-13)26-7-3-4-11(9-26)23-15-20-6-5-12(24-15)16(17,18)19/h5-6,8,10-11H,3-4,7,9H2,1-2H3,(H,20,23,24). The van der Waals surface area contributed by atoms with Gasteiger partial charge in [0.25, 0.3) is 0 Å². The number of piperidine rings is 1. The monoisotopic (exact) mass is 367 g/mol. The predicted molar refractivity (Wildman–Crippen MR) is 92.3 cm³/mol.